The number of nitrogens with one attached hydrogen (secondary N) is 1. The monoisotopic (exact) mass is 314 g/mol. The van der Waals surface area contributed by atoms with Crippen LogP contribution in [0, 0.1) is 0 Å². The van der Waals surface area contributed by atoms with Gasteiger partial charge in [-0.25, -0.2) is 4.98 Å². The number of ether oxygens (including phenoxy) is 1. The molecule has 0 saturated heterocycles. The molecule has 2 aromatic heterocycles. The van der Waals surface area contributed by atoms with Gasteiger partial charge in [0.2, 0.25) is 5.91 Å². The lowest BCUT2D eigenvalue weighted by atomic mass is 10.3. The molecule has 0 spiro atoms. The Hall–Kier alpha value is -2.60. The minimum Gasteiger partial charge on any atom is -0.494 e. The normalized spacial score (nSPS) is 11.1. The van der Waals surface area contributed by atoms with Gasteiger partial charge < -0.3 is 9.15 Å². The van der Waals surface area contributed by atoms with Crippen molar-refractivity contribution in [1.29, 1.82) is 0 Å². The molecule has 22 heavy (non-hydrogen) atoms. The van der Waals surface area contributed by atoms with E-state index in [1.54, 1.807) is 24.5 Å². The fourth-order valence-electron chi connectivity index (χ4n) is 1.91. The molecule has 112 valence electrons. The van der Waals surface area contributed by atoms with Crippen LogP contribution in [0.15, 0.2) is 47.1 Å². The Bertz CT molecular complexity index is 806. The first-order valence-corrected chi connectivity index (χ1v) is 7.62. The molecular formula is C16H14N2O3S. The second-order valence-corrected chi connectivity index (χ2v) is 5.45. The summed E-state index contributed by atoms with van der Waals surface area (Å²) in [5.41, 5.74) is 0.832. The summed E-state index contributed by atoms with van der Waals surface area (Å²) in [6.07, 6.45) is 4.58. The van der Waals surface area contributed by atoms with E-state index < -0.39 is 0 Å². The third-order valence-corrected chi connectivity index (χ3v) is 3.78. The largest absolute Gasteiger partial charge is 0.494 e. The molecule has 0 bridgehead atoms. The summed E-state index contributed by atoms with van der Waals surface area (Å²) in [5, 5.41) is 3.30. The van der Waals surface area contributed by atoms with Crippen molar-refractivity contribution in [1.82, 2.24) is 4.98 Å². The fraction of sp³-hybridized carbons (Fsp3) is 0.125. The number of carbonyl (C=O) groups excluding carboxylic acids is 1. The van der Waals surface area contributed by atoms with E-state index in [0.29, 0.717) is 17.5 Å². The summed E-state index contributed by atoms with van der Waals surface area (Å²) < 4.78 is 11.5. The molecule has 0 aliphatic rings. The maximum absolute atomic E-state index is 11.9. The van der Waals surface area contributed by atoms with E-state index in [-0.39, 0.29) is 5.91 Å². The van der Waals surface area contributed by atoms with Crippen molar-refractivity contribution >= 4 is 38.7 Å². The van der Waals surface area contributed by atoms with Gasteiger partial charge in [0.25, 0.3) is 0 Å². The molecule has 6 heteroatoms. The Labute approximate surface area is 131 Å². The van der Waals surface area contributed by atoms with Gasteiger partial charge in [-0.15, -0.1) is 0 Å². The standard InChI is InChI=1S/C16H14N2O3S/c1-2-20-12-5-7-13-14(10-12)22-16(17-13)18-15(19)8-6-11-4-3-9-21-11/h3-10H,2H2,1H3,(H,17,18,19)/b8-6+. The number of hydrogen-bond acceptors (Lipinski definition) is 5. The molecule has 3 aromatic rings. The highest BCUT2D eigenvalue weighted by Crippen LogP contribution is 2.29. The lowest BCUT2D eigenvalue weighted by Crippen LogP contribution is -2.07. The van der Waals surface area contributed by atoms with Gasteiger partial charge in [0.15, 0.2) is 5.13 Å². The number of thiazole rings is 1. The van der Waals surface area contributed by atoms with E-state index in [2.05, 4.69) is 10.3 Å². The van der Waals surface area contributed by atoms with Gasteiger partial charge in [0, 0.05) is 6.08 Å². The number of rotatable bonds is 5. The van der Waals surface area contributed by atoms with Gasteiger partial charge in [-0.1, -0.05) is 11.3 Å². The number of fused-ring (bicyclic) bond motifs is 1. The Kier molecular flexibility index (Phi) is 4.20. The lowest BCUT2D eigenvalue weighted by molar-refractivity contribution is -0.111. The molecular weight excluding hydrogens is 300 g/mol. The number of carbonyl (C=O) groups is 1. The summed E-state index contributed by atoms with van der Waals surface area (Å²) in [6, 6.07) is 9.21. The van der Waals surface area contributed by atoms with Crippen molar-refractivity contribution in [2.24, 2.45) is 0 Å². The van der Waals surface area contributed by atoms with E-state index in [0.717, 1.165) is 16.0 Å². The van der Waals surface area contributed by atoms with Crippen LogP contribution in [0.3, 0.4) is 0 Å². The molecule has 3 rings (SSSR count). The quantitative estimate of drug-likeness (QED) is 0.724. The molecule has 0 saturated carbocycles. The van der Waals surface area contributed by atoms with E-state index >= 15 is 0 Å². The van der Waals surface area contributed by atoms with Crippen molar-refractivity contribution < 1.29 is 13.9 Å². The van der Waals surface area contributed by atoms with Gasteiger partial charge >= 0.3 is 0 Å². The predicted molar refractivity (Wildman–Crippen MR) is 87.2 cm³/mol. The smallest absolute Gasteiger partial charge is 0.250 e. The summed E-state index contributed by atoms with van der Waals surface area (Å²) in [5.74, 6) is 1.18. The molecule has 0 fully saturated rings. The highest BCUT2D eigenvalue weighted by molar-refractivity contribution is 7.22. The van der Waals surface area contributed by atoms with Crippen molar-refractivity contribution in [3.05, 3.63) is 48.4 Å². The second-order valence-electron chi connectivity index (χ2n) is 4.42. The number of anilines is 1. The highest BCUT2D eigenvalue weighted by atomic mass is 32.1. The Morgan fingerprint density at radius 1 is 1.45 bits per heavy atom. The summed E-state index contributed by atoms with van der Waals surface area (Å²) in [4.78, 5) is 16.2. The van der Waals surface area contributed by atoms with E-state index in [1.807, 2.05) is 25.1 Å². The average molecular weight is 314 g/mol. The minimum atomic E-state index is -0.250. The molecule has 0 aliphatic heterocycles. The zero-order chi connectivity index (χ0) is 15.4. The molecule has 1 N–H and O–H groups in total. The Morgan fingerprint density at radius 2 is 2.36 bits per heavy atom. The van der Waals surface area contributed by atoms with E-state index in [9.17, 15) is 4.79 Å². The highest BCUT2D eigenvalue weighted by Gasteiger charge is 2.07. The average Bonchev–Trinajstić information content (AvgIpc) is 3.13. The van der Waals surface area contributed by atoms with Crippen LogP contribution < -0.4 is 10.1 Å². The third-order valence-electron chi connectivity index (χ3n) is 2.84. The van der Waals surface area contributed by atoms with Crippen LogP contribution in [0.1, 0.15) is 12.7 Å². The fourth-order valence-corrected chi connectivity index (χ4v) is 2.80. The third kappa shape index (κ3) is 3.35. The maximum atomic E-state index is 11.9. The first-order chi connectivity index (χ1) is 10.7. The number of benzene rings is 1. The SMILES string of the molecule is CCOc1ccc2nc(NC(=O)/C=C/c3ccco3)sc2c1. The molecule has 1 aromatic carbocycles. The van der Waals surface area contributed by atoms with Gasteiger partial charge in [-0.3, -0.25) is 10.1 Å². The lowest BCUT2D eigenvalue weighted by Gasteiger charge is -2.00. The molecule has 5 nitrogen and oxygen atoms in total. The first-order valence-electron chi connectivity index (χ1n) is 6.80. The second kappa shape index (κ2) is 6.44. The minimum absolute atomic E-state index is 0.250. The van der Waals surface area contributed by atoms with Crippen molar-refractivity contribution in [2.45, 2.75) is 6.92 Å². The zero-order valence-electron chi connectivity index (χ0n) is 11.9. The van der Waals surface area contributed by atoms with Gasteiger partial charge in [0.1, 0.15) is 11.5 Å². The van der Waals surface area contributed by atoms with Crippen LogP contribution in [0.4, 0.5) is 5.13 Å². The molecule has 0 aliphatic carbocycles. The van der Waals surface area contributed by atoms with E-state index in [1.165, 1.54) is 17.4 Å². The van der Waals surface area contributed by atoms with Crippen molar-refractivity contribution in [3.8, 4) is 5.75 Å². The molecule has 0 atom stereocenters. The molecule has 0 radical (unpaired) electrons. The number of amides is 1. The van der Waals surface area contributed by atoms with Crippen LogP contribution in [0.2, 0.25) is 0 Å². The van der Waals surface area contributed by atoms with Gasteiger partial charge in [-0.05, 0) is 43.3 Å². The predicted octanol–water partition coefficient (Wildman–Crippen LogP) is 3.94. The van der Waals surface area contributed by atoms with Crippen molar-refractivity contribution in [3.63, 3.8) is 0 Å². The molecule has 0 unspecified atom stereocenters. The Balaban J connectivity index is 1.72. The number of furan rings is 1. The van der Waals surface area contributed by atoms with Crippen LogP contribution in [-0.2, 0) is 4.79 Å². The van der Waals surface area contributed by atoms with Crippen LogP contribution >= 0.6 is 11.3 Å². The molecule has 1 amide bonds. The molecule has 2 heterocycles. The van der Waals surface area contributed by atoms with Crippen molar-refractivity contribution in [2.75, 3.05) is 11.9 Å². The topological polar surface area (TPSA) is 64.4 Å². The number of hydrogen-bond donors (Lipinski definition) is 1. The van der Waals surface area contributed by atoms with Crippen LogP contribution in [0.5, 0.6) is 5.75 Å². The Morgan fingerprint density at radius 3 is 3.14 bits per heavy atom. The van der Waals surface area contributed by atoms with Crippen LogP contribution in [0.25, 0.3) is 16.3 Å². The van der Waals surface area contributed by atoms with E-state index in [4.69, 9.17) is 9.15 Å². The zero-order valence-corrected chi connectivity index (χ0v) is 12.7. The summed E-state index contributed by atoms with van der Waals surface area (Å²) >= 11 is 1.41. The first kappa shape index (κ1) is 14.3. The summed E-state index contributed by atoms with van der Waals surface area (Å²) in [6.45, 7) is 2.55. The van der Waals surface area contributed by atoms with Gasteiger partial charge in [0.05, 0.1) is 23.1 Å². The van der Waals surface area contributed by atoms with Gasteiger partial charge in [-0.2, -0.15) is 0 Å². The van der Waals surface area contributed by atoms with Crippen LogP contribution in [-0.4, -0.2) is 17.5 Å². The summed E-state index contributed by atoms with van der Waals surface area (Å²) in [7, 11) is 0. The number of nitrogens with zero attached hydrogens (tertiary/aromatic N) is 1. The maximum Gasteiger partial charge on any atom is 0.250 e. The number of aromatic nitrogens is 1.